The fourth-order valence-electron chi connectivity index (χ4n) is 1.88. The molecule has 0 saturated heterocycles. The van der Waals surface area contributed by atoms with Gasteiger partial charge in [-0.15, -0.1) is 0 Å². The first-order chi connectivity index (χ1) is 9.91. The second-order valence-corrected chi connectivity index (χ2v) is 6.56. The number of methoxy groups -OCH3 is 1. The third kappa shape index (κ3) is 5.11. The zero-order valence-corrected chi connectivity index (χ0v) is 13.1. The Morgan fingerprint density at radius 2 is 1.90 bits per heavy atom. The summed E-state index contributed by atoms with van der Waals surface area (Å²) in [4.78, 5) is 10.9. The number of carboxylic acids is 1. The predicted molar refractivity (Wildman–Crippen MR) is 78.7 cm³/mol. The number of carbonyl (C=O) groups is 1. The standard InChI is InChI=1S/C14H21NO5S/c1-3-9-15(11-14(16)17)21(18,19)13-6-4-12(5-7-13)8-10-20-2/h4-7H,3,8-11H2,1-2H3,(H,16,17). The minimum Gasteiger partial charge on any atom is -0.480 e. The molecule has 0 amide bonds. The highest BCUT2D eigenvalue weighted by Crippen LogP contribution is 2.17. The highest BCUT2D eigenvalue weighted by Gasteiger charge is 2.25. The van der Waals surface area contributed by atoms with Gasteiger partial charge in [0.25, 0.3) is 0 Å². The number of carboxylic acid groups (broad SMARTS) is 1. The quantitative estimate of drug-likeness (QED) is 0.744. The van der Waals surface area contributed by atoms with E-state index in [1.165, 1.54) is 12.1 Å². The SMILES string of the molecule is CCCN(CC(=O)O)S(=O)(=O)c1ccc(CCOC)cc1. The summed E-state index contributed by atoms with van der Waals surface area (Å²) in [5, 5.41) is 8.84. The van der Waals surface area contributed by atoms with Crippen molar-refractivity contribution in [2.24, 2.45) is 0 Å². The Labute approximate surface area is 125 Å². The van der Waals surface area contributed by atoms with Gasteiger partial charge in [0, 0.05) is 13.7 Å². The van der Waals surface area contributed by atoms with Crippen LogP contribution >= 0.6 is 0 Å². The van der Waals surface area contributed by atoms with Gasteiger partial charge in [-0.2, -0.15) is 4.31 Å². The van der Waals surface area contributed by atoms with Gasteiger partial charge in [0.15, 0.2) is 0 Å². The van der Waals surface area contributed by atoms with Crippen LogP contribution in [0, 0.1) is 0 Å². The number of benzene rings is 1. The van der Waals surface area contributed by atoms with E-state index in [1.807, 2.05) is 0 Å². The van der Waals surface area contributed by atoms with Crippen molar-refractivity contribution in [3.05, 3.63) is 29.8 Å². The lowest BCUT2D eigenvalue weighted by atomic mass is 10.2. The molecule has 0 heterocycles. The van der Waals surface area contributed by atoms with Crippen LogP contribution in [-0.2, 0) is 26.0 Å². The summed E-state index contributed by atoms with van der Waals surface area (Å²) in [7, 11) is -2.17. The first-order valence-electron chi connectivity index (χ1n) is 6.71. The smallest absolute Gasteiger partial charge is 0.318 e. The average Bonchev–Trinajstić information content (AvgIpc) is 2.44. The van der Waals surface area contributed by atoms with E-state index in [-0.39, 0.29) is 11.4 Å². The van der Waals surface area contributed by atoms with Crippen molar-refractivity contribution in [2.75, 3.05) is 26.8 Å². The molecule has 0 unspecified atom stereocenters. The molecule has 0 bridgehead atoms. The van der Waals surface area contributed by atoms with E-state index in [4.69, 9.17) is 9.84 Å². The Balaban J connectivity index is 2.96. The van der Waals surface area contributed by atoms with Crippen LogP contribution in [0.5, 0.6) is 0 Å². The van der Waals surface area contributed by atoms with Gasteiger partial charge in [-0.25, -0.2) is 8.42 Å². The lowest BCUT2D eigenvalue weighted by molar-refractivity contribution is -0.137. The third-order valence-electron chi connectivity index (χ3n) is 2.94. The van der Waals surface area contributed by atoms with Gasteiger partial charge in [-0.1, -0.05) is 19.1 Å². The molecule has 0 radical (unpaired) electrons. The largest absolute Gasteiger partial charge is 0.480 e. The molecule has 1 rings (SSSR count). The zero-order valence-electron chi connectivity index (χ0n) is 12.3. The van der Waals surface area contributed by atoms with Gasteiger partial charge >= 0.3 is 5.97 Å². The average molecular weight is 315 g/mol. The Hall–Kier alpha value is -1.44. The number of aliphatic carboxylic acids is 1. The van der Waals surface area contributed by atoms with E-state index in [0.717, 1.165) is 9.87 Å². The van der Waals surface area contributed by atoms with Gasteiger partial charge < -0.3 is 9.84 Å². The topological polar surface area (TPSA) is 83.9 Å². The number of hydrogen-bond donors (Lipinski definition) is 1. The molecule has 0 aliphatic rings. The van der Waals surface area contributed by atoms with E-state index < -0.39 is 22.5 Å². The maximum atomic E-state index is 12.4. The first kappa shape index (κ1) is 17.6. The predicted octanol–water partition coefficient (Wildman–Crippen LogP) is 1.36. The fraction of sp³-hybridized carbons (Fsp3) is 0.500. The molecule has 0 aliphatic heterocycles. The second-order valence-electron chi connectivity index (χ2n) is 4.62. The molecule has 0 spiro atoms. The van der Waals surface area contributed by atoms with E-state index in [0.29, 0.717) is 19.4 Å². The summed E-state index contributed by atoms with van der Waals surface area (Å²) in [5.74, 6) is -1.16. The monoisotopic (exact) mass is 315 g/mol. The van der Waals surface area contributed by atoms with Crippen LogP contribution in [0.25, 0.3) is 0 Å². The number of hydrogen-bond acceptors (Lipinski definition) is 4. The third-order valence-corrected chi connectivity index (χ3v) is 4.80. The molecule has 6 nitrogen and oxygen atoms in total. The molecule has 0 saturated carbocycles. The van der Waals surface area contributed by atoms with Crippen molar-refractivity contribution >= 4 is 16.0 Å². The summed E-state index contributed by atoms with van der Waals surface area (Å²) in [5.41, 5.74) is 0.969. The first-order valence-corrected chi connectivity index (χ1v) is 8.15. The minimum absolute atomic E-state index is 0.110. The molecule has 0 aromatic heterocycles. The second kappa shape index (κ2) is 8.11. The van der Waals surface area contributed by atoms with Crippen LogP contribution in [0.1, 0.15) is 18.9 Å². The molecule has 0 atom stereocenters. The number of sulfonamides is 1. The Morgan fingerprint density at radius 1 is 1.29 bits per heavy atom. The molecule has 21 heavy (non-hydrogen) atoms. The van der Waals surface area contributed by atoms with E-state index in [9.17, 15) is 13.2 Å². The van der Waals surface area contributed by atoms with Crippen LogP contribution in [0.15, 0.2) is 29.2 Å². The van der Waals surface area contributed by atoms with Gasteiger partial charge in [-0.05, 0) is 30.5 Å². The van der Waals surface area contributed by atoms with E-state index >= 15 is 0 Å². The molecule has 118 valence electrons. The van der Waals surface area contributed by atoms with Crippen LogP contribution in [-0.4, -0.2) is 50.6 Å². The van der Waals surface area contributed by atoms with Crippen LogP contribution < -0.4 is 0 Å². The van der Waals surface area contributed by atoms with Gasteiger partial charge in [-0.3, -0.25) is 4.79 Å². The van der Waals surface area contributed by atoms with Crippen LogP contribution in [0.4, 0.5) is 0 Å². The lowest BCUT2D eigenvalue weighted by Gasteiger charge is -2.19. The highest BCUT2D eigenvalue weighted by molar-refractivity contribution is 7.89. The zero-order chi connectivity index (χ0) is 15.9. The van der Waals surface area contributed by atoms with Gasteiger partial charge in [0.05, 0.1) is 11.5 Å². The summed E-state index contributed by atoms with van der Waals surface area (Å²) in [6, 6.07) is 6.45. The van der Waals surface area contributed by atoms with E-state index in [1.54, 1.807) is 26.2 Å². The van der Waals surface area contributed by atoms with Crippen molar-refractivity contribution in [1.82, 2.24) is 4.31 Å². The highest BCUT2D eigenvalue weighted by atomic mass is 32.2. The van der Waals surface area contributed by atoms with E-state index in [2.05, 4.69) is 0 Å². The number of ether oxygens (including phenoxy) is 1. The van der Waals surface area contributed by atoms with Crippen molar-refractivity contribution in [3.63, 3.8) is 0 Å². The molecule has 0 fully saturated rings. The summed E-state index contributed by atoms with van der Waals surface area (Å²) in [6.07, 6.45) is 1.25. The lowest BCUT2D eigenvalue weighted by Crippen LogP contribution is -2.36. The summed E-state index contributed by atoms with van der Waals surface area (Å²) < 4.78 is 30.8. The summed E-state index contributed by atoms with van der Waals surface area (Å²) in [6.45, 7) is 2.02. The normalized spacial score (nSPS) is 11.8. The van der Waals surface area contributed by atoms with Gasteiger partial charge in [0.2, 0.25) is 10.0 Å². The number of nitrogens with zero attached hydrogens (tertiary/aromatic N) is 1. The fourth-order valence-corrected chi connectivity index (χ4v) is 3.36. The molecule has 7 heteroatoms. The Morgan fingerprint density at radius 3 is 2.38 bits per heavy atom. The molecule has 1 N–H and O–H groups in total. The number of rotatable bonds is 9. The molecular weight excluding hydrogens is 294 g/mol. The van der Waals surface area contributed by atoms with Crippen molar-refractivity contribution < 1.29 is 23.1 Å². The maximum Gasteiger partial charge on any atom is 0.318 e. The molecule has 1 aromatic carbocycles. The summed E-state index contributed by atoms with van der Waals surface area (Å²) >= 11 is 0. The maximum absolute atomic E-state index is 12.4. The minimum atomic E-state index is -3.77. The van der Waals surface area contributed by atoms with Crippen molar-refractivity contribution in [2.45, 2.75) is 24.7 Å². The van der Waals surface area contributed by atoms with Gasteiger partial charge in [0.1, 0.15) is 6.54 Å². The molecule has 1 aromatic rings. The molecule has 0 aliphatic carbocycles. The Bertz CT molecular complexity index is 553. The Kier molecular flexibility index (Phi) is 6.80. The van der Waals surface area contributed by atoms with Crippen LogP contribution in [0.2, 0.25) is 0 Å². The van der Waals surface area contributed by atoms with Crippen molar-refractivity contribution in [1.29, 1.82) is 0 Å². The van der Waals surface area contributed by atoms with Crippen molar-refractivity contribution in [3.8, 4) is 0 Å². The van der Waals surface area contributed by atoms with Crippen LogP contribution in [0.3, 0.4) is 0 Å². The molecular formula is C14H21NO5S.